The zero-order chi connectivity index (χ0) is 12.2. The fraction of sp³-hybridized carbons (Fsp3) is 0.300. The molecule has 1 aromatic carbocycles. The van der Waals surface area contributed by atoms with Crippen molar-refractivity contribution in [2.75, 3.05) is 6.61 Å². The lowest BCUT2D eigenvalue weighted by Gasteiger charge is -2.15. The maximum absolute atomic E-state index is 12.9. The maximum atomic E-state index is 12.9. The van der Waals surface area contributed by atoms with Crippen LogP contribution in [0.2, 0.25) is 5.02 Å². The minimum Gasteiger partial charge on any atom is -0.486 e. The molecule has 0 aromatic heterocycles. The second-order valence-electron chi connectivity index (χ2n) is 3.15. The number of ether oxygens (including phenoxy) is 1. The monoisotopic (exact) mass is 250 g/mol. The smallest absolute Gasteiger partial charge is 0.309 e. The number of aliphatic carboxylic acids is 1. The van der Waals surface area contributed by atoms with Crippen LogP contribution in [0.1, 0.15) is 6.42 Å². The van der Waals surface area contributed by atoms with Crippen LogP contribution in [0.4, 0.5) is 8.78 Å². The van der Waals surface area contributed by atoms with Crippen molar-refractivity contribution in [3.63, 3.8) is 0 Å². The molecule has 0 saturated carbocycles. The van der Waals surface area contributed by atoms with Crippen molar-refractivity contribution in [2.45, 2.75) is 12.3 Å². The summed E-state index contributed by atoms with van der Waals surface area (Å²) >= 11 is 5.67. The third-order valence-corrected chi connectivity index (χ3v) is 2.00. The molecule has 0 heterocycles. The summed E-state index contributed by atoms with van der Waals surface area (Å²) in [7, 11) is 0. The molecule has 0 spiro atoms. The number of carbonyl (C=O) groups is 1. The van der Waals surface area contributed by atoms with E-state index in [9.17, 15) is 13.6 Å². The highest BCUT2D eigenvalue weighted by Crippen LogP contribution is 2.26. The zero-order valence-corrected chi connectivity index (χ0v) is 8.88. The molecule has 0 fully saturated rings. The van der Waals surface area contributed by atoms with Gasteiger partial charge in [0, 0.05) is 0 Å². The Morgan fingerprint density at radius 3 is 2.62 bits per heavy atom. The second-order valence-corrected chi connectivity index (χ2v) is 3.55. The molecule has 0 aliphatic heterocycles. The van der Waals surface area contributed by atoms with E-state index in [1.807, 2.05) is 0 Å². The molecule has 6 heteroatoms. The van der Waals surface area contributed by atoms with E-state index in [1.54, 1.807) is 12.1 Å². The van der Waals surface area contributed by atoms with Gasteiger partial charge < -0.3 is 9.84 Å². The van der Waals surface area contributed by atoms with Gasteiger partial charge in [0.05, 0.1) is 5.02 Å². The molecule has 88 valence electrons. The summed E-state index contributed by atoms with van der Waals surface area (Å²) in [5, 5.41) is 8.44. The van der Waals surface area contributed by atoms with Crippen molar-refractivity contribution >= 4 is 17.6 Å². The number of hydrogen-bond donors (Lipinski definition) is 1. The third-order valence-electron chi connectivity index (χ3n) is 1.69. The fourth-order valence-electron chi connectivity index (χ4n) is 1.02. The summed E-state index contributed by atoms with van der Waals surface area (Å²) in [5.41, 5.74) is 0. The van der Waals surface area contributed by atoms with Gasteiger partial charge in [0.2, 0.25) is 0 Å². The van der Waals surface area contributed by atoms with Gasteiger partial charge in [-0.05, 0) is 12.1 Å². The summed E-state index contributed by atoms with van der Waals surface area (Å²) < 4.78 is 30.6. The molecule has 0 amide bonds. The average molecular weight is 251 g/mol. The first-order chi connectivity index (χ1) is 7.41. The molecule has 0 bridgehead atoms. The summed E-state index contributed by atoms with van der Waals surface area (Å²) in [6, 6.07) is 6.13. The Bertz CT molecular complexity index is 382. The van der Waals surface area contributed by atoms with Crippen molar-refractivity contribution in [1.82, 2.24) is 0 Å². The van der Waals surface area contributed by atoms with Crippen molar-refractivity contribution in [2.24, 2.45) is 0 Å². The van der Waals surface area contributed by atoms with Crippen LogP contribution in [0.25, 0.3) is 0 Å². The second kappa shape index (κ2) is 5.12. The molecule has 1 aromatic rings. The van der Waals surface area contributed by atoms with Gasteiger partial charge in [-0.25, -0.2) is 8.78 Å². The van der Waals surface area contributed by atoms with Crippen LogP contribution >= 0.6 is 11.6 Å². The lowest BCUT2D eigenvalue weighted by Crippen LogP contribution is -2.28. The quantitative estimate of drug-likeness (QED) is 0.874. The molecule has 0 aliphatic carbocycles. The number of halogens is 3. The molecule has 3 nitrogen and oxygen atoms in total. The molecular weight excluding hydrogens is 242 g/mol. The molecule has 0 aliphatic rings. The molecule has 0 unspecified atom stereocenters. The topological polar surface area (TPSA) is 46.5 Å². The first-order valence-electron chi connectivity index (χ1n) is 4.38. The van der Waals surface area contributed by atoms with Crippen molar-refractivity contribution in [3.05, 3.63) is 29.3 Å². The summed E-state index contributed by atoms with van der Waals surface area (Å²) in [4.78, 5) is 10.1. The molecule has 16 heavy (non-hydrogen) atoms. The Kier molecular flexibility index (Phi) is 4.06. The maximum Gasteiger partial charge on any atom is 0.309 e. The van der Waals surface area contributed by atoms with Crippen molar-refractivity contribution < 1.29 is 23.4 Å². The third kappa shape index (κ3) is 4.02. The first-order valence-corrected chi connectivity index (χ1v) is 4.75. The van der Waals surface area contributed by atoms with E-state index in [1.165, 1.54) is 12.1 Å². The van der Waals surface area contributed by atoms with Crippen LogP contribution in [0.5, 0.6) is 5.75 Å². The number of benzene rings is 1. The van der Waals surface area contributed by atoms with Crippen LogP contribution in [0.15, 0.2) is 24.3 Å². The SMILES string of the molecule is O=C(O)CC(F)(F)COc1ccccc1Cl. The standard InChI is InChI=1S/C10H9ClF2O3/c11-7-3-1-2-4-8(7)16-6-10(12,13)5-9(14)15/h1-4H,5-6H2,(H,14,15). The number of rotatable bonds is 5. The number of alkyl halides is 2. The van der Waals surface area contributed by atoms with Crippen molar-refractivity contribution in [3.8, 4) is 5.75 Å². The first kappa shape index (κ1) is 12.7. The Balaban J connectivity index is 2.57. The Labute approximate surface area is 95.6 Å². The molecule has 0 saturated heterocycles. The number of carboxylic acids is 1. The van der Waals surface area contributed by atoms with E-state index in [-0.39, 0.29) is 10.8 Å². The van der Waals surface area contributed by atoms with Crippen LogP contribution in [0.3, 0.4) is 0 Å². The molecule has 0 atom stereocenters. The van der Waals surface area contributed by atoms with E-state index < -0.39 is 24.9 Å². The van der Waals surface area contributed by atoms with Crippen LogP contribution in [-0.4, -0.2) is 23.6 Å². The highest BCUT2D eigenvalue weighted by molar-refractivity contribution is 6.32. The van der Waals surface area contributed by atoms with Gasteiger partial charge in [-0.2, -0.15) is 0 Å². The molecule has 1 rings (SSSR count). The van der Waals surface area contributed by atoms with E-state index in [0.29, 0.717) is 0 Å². The van der Waals surface area contributed by atoms with Gasteiger partial charge in [0.1, 0.15) is 12.2 Å². The number of hydrogen-bond acceptors (Lipinski definition) is 2. The zero-order valence-electron chi connectivity index (χ0n) is 8.12. The number of para-hydroxylation sites is 1. The van der Waals surface area contributed by atoms with Gasteiger partial charge in [0.25, 0.3) is 5.92 Å². The van der Waals surface area contributed by atoms with Gasteiger partial charge in [-0.3, -0.25) is 4.79 Å². The normalized spacial score (nSPS) is 11.2. The van der Waals surface area contributed by atoms with Crippen molar-refractivity contribution in [1.29, 1.82) is 0 Å². The fourth-order valence-corrected chi connectivity index (χ4v) is 1.21. The summed E-state index contributed by atoms with van der Waals surface area (Å²) in [6.45, 7) is -1.01. The minimum atomic E-state index is -3.41. The Morgan fingerprint density at radius 2 is 2.06 bits per heavy atom. The largest absolute Gasteiger partial charge is 0.486 e. The van der Waals surface area contributed by atoms with Gasteiger partial charge in [0.15, 0.2) is 6.61 Å². The van der Waals surface area contributed by atoms with E-state index >= 15 is 0 Å². The Hall–Kier alpha value is -1.36. The predicted octanol–water partition coefficient (Wildman–Crippen LogP) is 2.83. The summed E-state index contributed by atoms with van der Waals surface area (Å²) in [5.74, 6) is -4.88. The summed E-state index contributed by atoms with van der Waals surface area (Å²) in [6.07, 6.45) is -1.27. The molecular formula is C10H9ClF2O3. The van der Waals surface area contributed by atoms with E-state index in [2.05, 4.69) is 0 Å². The predicted molar refractivity (Wildman–Crippen MR) is 54.1 cm³/mol. The lowest BCUT2D eigenvalue weighted by atomic mass is 10.2. The van der Waals surface area contributed by atoms with Crippen LogP contribution in [0, 0.1) is 0 Å². The lowest BCUT2D eigenvalue weighted by molar-refractivity contribution is -0.147. The van der Waals surface area contributed by atoms with Gasteiger partial charge in [-0.15, -0.1) is 0 Å². The average Bonchev–Trinajstić information content (AvgIpc) is 2.14. The van der Waals surface area contributed by atoms with E-state index in [0.717, 1.165) is 0 Å². The van der Waals surface area contributed by atoms with E-state index in [4.69, 9.17) is 21.4 Å². The highest BCUT2D eigenvalue weighted by Gasteiger charge is 2.33. The number of carboxylic acid groups (broad SMARTS) is 1. The van der Waals surface area contributed by atoms with Crippen LogP contribution < -0.4 is 4.74 Å². The van der Waals surface area contributed by atoms with Gasteiger partial charge >= 0.3 is 5.97 Å². The highest BCUT2D eigenvalue weighted by atomic mass is 35.5. The van der Waals surface area contributed by atoms with Gasteiger partial charge in [-0.1, -0.05) is 23.7 Å². The Morgan fingerprint density at radius 1 is 1.44 bits per heavy atom. The molecule has 0 radical (unpaired) electrons. The minimum absolute atomic E-state index is 0.106. The molecule has 1 N–H and O–H groups in total. The van der Waals surface area contributed by atoms with Crippen LogP contribution in [-0.2, 0) is 4.79 Å².